The molecule has 4 heterocycles. The molecule has 5 rings (SSSR count). The Balaban J connectivity index is 1.59. The molecule has 0 unspecified atom stereocenters. The number of ether oxygens (including phenoxy) is 1. The lowest BCUT2D eigenvalue weighted by atomic mass is 9.96. The van der Waals surface area contributed by atoms with E-state index in [1.807, 2.05) is 18.3 Å². The van der Waals surface area contributed by atoms with E-state index in [4.69, 9.17) is 17.0 Å². The van der Waals surface area contributed by atoms with E-state index in [9.17, 15) is 0 Å². The molecule has 160 valence electrons. The van der Waals surface area contributed by atoms with Crippen molar-refractivity contribution in [2.75, 3.05) is 13.2 Å². The normalized spacial score (nSPS) is 23.4. The first kappa shape index (κ1) is 20.2. The van der Waals surface area contributed by atoms with Crippen LogP contribution in [0.1, 0.15) is 47.6 Å². The Hall–Kier alpha value is -2.70. The Kier molecular flexibility index (Phi) is 5.50. The van der Waals surface area contributed by atoms with Gasteiger partial charge in [0, 0.05) is 36.4 Å². The average molecular weight is 433 g/mol. The lowest BCUT2D eigenvalue weighted by Gasteiger charge is -2.30. The van der Waals surface area contributed by atoms with Gasteiger partial charge < -0.3 is 19.5 Å². The van der Waals surface area contributed by atoms with Crippen LogP contribution in [0.15, 0.2) is 60.8 Å². The van der Waals surface area contributed by atoms with Crippen LogP contribution in [0.4, 0.5) is 0 Å². The maximum absolute atomic E-state index is 5.97. The van der Waals surface area contributed by atoms with E-state index in [0.717, 1.165) is 36.8 Å². The topological polar surface area (TPSA) is 42.3 Å². The van der Waals surface area contributed by atoms with Crippen LogP contribution in [0.3, 0.4) is 0 Å². The molecule has 5 nitrogen and oxygen atoms in total. The number of rotatable bonds is 5. The van der Waals surface area contributed by atoms with Gasteiger partial charge >= 0.3 is 0 Å². The fraction of sp³-hybridized carbons (Fsp3) is 0.360. The molecule has 2 saturated heterocycles. The molecular weight excluding hydrogens is 404 g/mol. The van der Waals surface area contributed by atoms with Crippen molar-refractivity contribution in [3.05, 3.63) is 83.4 Å². The quantitative estimate of drug-likeness (QED) is 0.595. The summed E-state index contributed by atoms with van der Waals surface area (Å²) in [7, 11) is 0. The van der Waals surface area contributed by atoms with E-state index < -0.39 is 0 Å². The van der Waals surface area contributed by atoms with Gasteiger partial charge in [-0.05, 0) is 74.8 Å². The molecule has 0 amide bonds. The molecule has 2 aromatic heterocycles. The maximum Gasteiger partial charge on any atom is 0.170 e. The minimum Gasteiger partial charge on any atom is -0.376 e. The Bertz CT molecular complexity index is 1060. The van der Waals surface area contributed by atoms with Crippen LogP contribution in [0.5, 0.6) is 0 Å². The van der Waals surface area contributed by atoms with E-state index in [1.54, 1.807) is 0 Å². The summed E-state index contributed by atoms with van der Waals surface area (Å²) >= 11 is 5.83. The van der Waals surface area contributed by atoms with Crippen molar-refractivity contribution in [1.82, 2.24) is 19.8 Å². The number of hydrogen-bond donors (Lipinski definition) is 1. The number of pyridine rings is 1. The SMILES string of the molecule is Cc1cc([C@@H]2[C@@H](c3ccccn3)NC(=S)N2C[C@H]2CCCO2)c(C)n1-c1ccccc1. The van der Waals surface area contributed by atoms with Crippen molar-refractivity contribution in [1.29, 1.82) is 0 Å². The first-order valence-electron chi connectivity index (χ1n) is 11.0. The molecule has 1 aromatic carbocycles. The lowest BCUT2D eigenvalue weighted by molar-refractivity contribution is 0.0842. The fourth-order valence-electron chi connectivity index (χ4n) is 5.01. The van der Waals surface area contributed by atoms with Crippen LogP contribution >= 0.6 is 12.2 Å². The van der Waals surface area contributed by atoms with Crippen LogP contribution in [0.25, 0.3) is 5.69 Å². The van der Waals surface area contributed by atoms with Gasteiger partial charge in [-0.2, -0.15) is 0 Å². The number of aryl methyl sites for hydroxylation is 1. The number of benzene rings is 1. The molecule has 1 N–H and O–H groups in total. The van der Waals surface area contributed by atoms with Crippen LogP contribution in [0.2, 0.25) is 0 Å². The molecule has 0 radical (unpaired) electrons. The summed E-state index contributed by atoms with van der Waals surface area (Å²) in [5, 5.41) is 4.35. The second-order valence-corrected chi connectivity index (χ2v) is 8.80. The van der Waals surface area contributed by atoms with Gasteiger partial charge in [0.1, 0.15) is 0 Å². The third-order valence-corrected chi connectivity index (χ3v) is 6.78. The maximum atomic E-state index is 5.97. The highest BCUT2D eigenvalue weighted by atomic mass is 32.1. The summed E-state index contributed by atoms with van der Waals surface area (Å²) in [6.07, 6.45) is 4.29. The lowest BCUT2D eigenvalue weighted by Crippen LogP contribution is -2.36. The van der Waals surface area contributed by atoms with Gasteiger partial charge in [-0.15, -0.1) is 0 Å². The van der Waals surface area contributed by atoms with E-state index in [0.29, 0.717) is 0 Å². The minimum atomic E-state index is -0.000161. The Morgan fingerprint density at radius 3 is 2.65 bits per heavy atom. The first-order valence-corrected chi connectivity index (χ1v) is 11.4. The van der Waals surface area contributed by atoms with Gasteiger partial charge in [0.25, 0.3) is 0 Å². The van der Waals surface area contributed by atoms with Crippen LogP contribution in [-0.2, 0) is 4.74 Å². The van der Waals surface area contributed by atoms with Crippen LogP contribution in [-0.4, -0.2) is 38.8 Å². The van der Waals surface area contributed by atoms with Crippen molar-refractivity contribution in [3.63, 3.8) is 0 Å². The highest BCUT2D eigenvalue weighted by Crippen LogP contribution is 2.41. The standard InChI is InChI=1S/C25H28N4OS/c1-17-15-21(18(2)29(17)19-9-4-3-5-10-19)24-23(22-12-6-7-13-26-22)27-25(31)28(24)16-20-11-8-14-30-20/h3-7,9-10,12-13,15,20,23-24H,8,11,14,16H2,1-2H3,(H,27,31)/t20-,23-,24-/m1/s1. The third-order valence-electron chi connectivity index (χ3n) is 6.43. The third kappa shape index (κ3) is 3.75. The molecule has 3 atom stereocenters. The summed E-state index contributed by atoms with van der Waals surface area (Å²) in [6, 6.07) is 19.0. The van der Waals surface area contributed by atoms with Crippen molar-refractivity contribution in [3.8, 4) is 5.69 Å². The molecular formula is C25H28N4OS. The summed E-state index contributed by atoms with van der Waals surface area (Å²) in [6.45, 7) is 6.02. The molecule has 0 bridgehead atoms. The van der Waals surface area contributed by atoms with Crippen molar-refractivity contribution in [2.45, 2.75) is 44.9 Å². The number of thiocarbonyl (C=S) groups is 1. The largest absolute Gasteiger partial charge is 0.376 e. The van der Waals surface area contributed by atoms with Gasteiger partial charge in [-0.1, -0.05) is 24.3 Å². The number of nitrogens with zero attached hydrogens (tertiary/aromatic N) is 3. The minimum absolute atomic E-state index is 0.000161. The molecule has 6 heteroatoms. The zero-order valence-corrected chi connectivity index (χ0v) is 18.8. The van der Waals surface area contributed by atoms with Gasteiger partial charge in [-0.3, -0.25) is 4.98 Å². The number of hydrogen-bond acceptors (Lipinski definition) is 3. The number of para-hydroxylation sites is 1. The highest BCUT2D eigenvalue weighted by Gasteiger charge is 2.42. The average Bonchev–Trinajstić information content (AvgIpc) is 3.49. The summed E-state index contributed by atoms with van der Waals surface area (Å²) in [5.74, 6) is 0. The molecule has 2 aliphatic heterocycles. The number of aromatic nitrogens is 2. The molecule has 0 aliphatic carbocycles. The van der Waals surface area contributed by atoms with E-state index in [-0.39, 0.29) is 18.2 Å². The Morgan fingerprint density at radius 2 is 1.94 bits per heavy atom. The second kappa shape index (κ2) is 8.44. The molecule has 3 aromatic rings. The van der Waals surface area contributed by atoms with E-state index in [2.05, 4.69) is 76.1 Å². The Labute approximate surface area is 189 Å². The molecule has 0 spiro atoms. The van der Waals surface area contributed by atoms with Gasteiger partial charge in [0.2, 0.25) is 0 Å². The smallest absolute Gasteiger partial charge is 0.170 e. The van der Waals surface area contributed by atoms with Crippen molar-refractivity contribution >= 4 is 17.3 Å². The van der Waals surface area contributed by atoms with Crippen molar-refractivity contribution < 1.29 is 4.74 Å². The molecule has 31 heavy (non-hydrogen) atoms. The monoisotopic (exact) mass is 432 g/mol. The molecule has 0 saturated carbocycles. The number of nitrogens with one attached hydrogen (secondary N) is 1. The van der Waals surface area contributed by atoms with Crippen molar-refractivity contribution in [2.24, 2.45) is 0 Å². The van der Waals surface area contributed by atoms with Gasteiger partial charge in [0.05, 0.1) is 23.9 Å². The Morgan fingerprint density at radius 1 is 1.13 bits per heavy atom. The zero-order valence-electron chi connectivity index (χ0n) is 18.0. The highest BCUT2D eigenvalue weighted by molar-refractivity contribution is 7.80. The second-order valence-electron chi connectivity index (χ2n) is 8.41. The molecule has 2 aliphatic rings. The summed E-state index contributed by atoms with van der Waals surface area (Å²) < 4.78 is 8.30. The van der Waals surface area contributed by atoms with E-state index in [1.165, 1.54) is 22.6 Å². The predicted octanol–water partition coefficient (Wildman–Crippen LogP) is 4.64. The van der Waals surface area contributed by atoms with E-state index >= 15 is 0 Å². The van der Waals surface area contributed by atoms with Crippen LogP contribution in [0, 0.1) is 13.8 Å². The predicted molar refractivity (Wildman–Crippen MR) is 126 cm³/mol. The van der Waals surface area contributed by atoms with Gasteiger partial charge in [-0.25, -0.2) is 0 Å². The fourth-order valence-corrected chi connectivity index (χ4v) is 5.32. The molecule has 2 fully saturated rings. The van der Waals surface area contributed by atoms with Crippen LogP contribution < -0.4 is 5.32 Å². The first-order chi connectivity index (χ1) is 15.1. The zero-order chi connectivity index (χ0) is 21.4. The van der Waals surface area contributed by atoms with Gasteiger partial charge in [0.15, 0.2) is 5.11 Å². The summed E-state index contributed by atoms with van der Waals surface area (Å²) in [5.41, 5.74) is 5.92. The summed E-state index contributed by atoms with van der Waals surface area (Å²) in [4.78, 5) is 6.99.